The Labute approximate surface area is 122 Å². The molecule has 2 fully saturated rings. The van der Waals surface area contributed by atoms with Crippen LogP contribution in [0.5, 0.6) is 0 Å². The van der Waals surface area contributed by atoms with Gasteiger partial charge < -0.3 is 5.11 Å². The summed E-state index contributed by atoms with van der Waals surface area (Å²) in [6, 6.07) is 11.6. The monoisotopic (exact) mass is 273 g/mol. The molecular weight excluding hydrogens is 246 g/mol. The van der Waals surface area contributed by atoms with Crippen molar-refractivity contribution in [2.45, 2.75) is 69.6 Å². The molecule has 1 N–H and O–H groups in total. The van der Waals surface area contributed by atoms with Crippen LogP contribution in [0.15, 0.2) is 30.3 Å². The summed E-state index contributed by atoms with van der Waals surface area (Å²) in [5, 5.41) is 11.2. The Morgan fingerprint density at radius 2 is 1.90 bits per heavy atom. The molecule has 2 nitrogen and oxygen atoms in total. The molecule has 1 aromatic carbocycles. The lowest BCUT2D eigenvalue weighted by atomic mass is 9.84. The van der Waals surface area contributed by atoms with Crippen molar-refractivity contribution < 1.29 is 5.11 Å². The second-order valence-corrected chi connectivity index (χ2v) is 6.62. The molecule has 2 saturated heterocycles. The normalized spacial score (nSPS) is 34.7. The predicted molar refractivity (Wildman–Crippen MR) is 82.6 cm³/mol. The van der Waals surface area contributed by atoms with Gasteiger partial charge in [-0.3, -0.25) is 4.90 Å². The molecule has 0 radical (unpaired) electrons. The minimum absolute atomic E-state index is 0.571. The average molecular weight is 273 g/mol. The number of rotatable bonds is 3. The average Bonchev–Trinajstić information content (AvgIpc) is 2.56. The Morgan fingerprint density at radius 1 is 1.15 bits per heavy atom. The lowest BCUT2D eigenvalue weighted by Crippen LogP contribution is -2.46. The second kappa shape index (κ2) is 5.87. The van der Waals surface area contributed by atoms with E-state index < -0.39 is 5.60 Å². The van der Waals surface area contributed by atoms with E-state index >= 15 is 0 Å². The van der Waals surface area contributed by atoms with E-state index in [2.05, 4.69) is 24.0 Å². The van der Waals surface area contributed by atoms with Gasteiger partial charge in [0.2, 0.25) is 0 Å². The number of nitrogens with zero attached hydrogens (tertiary/aromatic N) is 1. The van der Waals surface area contributed by atoms with Crippen molar-refractivity contribution in [3.05, 3.63) is 35.9 Å². The van der Waals surface area contributed by atoms with Crippen LogP contribution < -0.4 is 0 Å². The molecule has 20 heavy (non-hydrogen) atoms. The maximum atomic E-state index is 11.2. The molecule has 2 heteroatoms. The van der Waals surface area contributed by atoms with E-state index in [4.69, 9.17) is 0 Å². The lowest BCUT2D eigenvalue weighted by Gasteiger charge is -2.41. The number of piperidine rings is 1. The molecule has 2 bridgehead atoms. The fraction of sp³-hybridized carbons (Fsp3) is 0.667. The summed E-state index contributed by atoms with van der Waals surface area (Å²) in [4.78, 5) is 2.70. The molecule has 0 amide bonds. The Hall–Kier alpha value is -0.860. The van der Waals surface area contributed by atoms with Crippen LogP contribution in [-0.4, -0.2) is 28.6 Å². The van der Waals surface area contributed by atoms with E-state index in [1.54, 1.807) is 0 Å². The first kappa shape index (κ1) is 14.1. The van der Waals surface area contributed by atoms with E-state index in [0.717, 1.165) is 24.8 Å². The largest absolute Gasteiger partial charge is 0.385 e. The molecule has 110 valence electrons. The van der Waals surface area contributed by atoms with E-state index in [0.29, 0.717) is 12.1 Å². The Kier molecular flexibility index (Phi) is 4.13. The number of aliphatic hydroxyl groups is 1. The van der Waals surface area contributed by atoms with Gasteiger partial charge in [0.1, 0.15) is 0 Å². The van der Waals surface area contributed by atoms with Crippen LogP contribution in [0.3, 0.4) is 0 Å². The van der Waals surface area contributed by atoms with Gasteiger partial charge in [-0.2, -0.15) is 0 Å². The summed E-state index contributed by atoms with van der Waals surface area (Å²) < 4.78 is 0. The first-order valence-corrected chi connectivity index (χ1v) is 8.26. The van der Waals surface area contributed by atoms with Crippen molar-refractivity contribution in [2.24, 2.45) is 0 Å². The van der Waals surface area contributed by atoms with Crippen LogP contribution >= 0.6 is 0 Å². The number of benzene rings is 1. The topological polar surface area (TPSA) is 23.5 Å². The highest BCUT2D eigenvalue weighted by Gasteiger charge is 2.41. The minimum Gasteiger partial charge on any atom is -0.385 e. The van der Waals surface area contributed by atoms with Crippen molar-refractivity contribution in [3.63, 3.8) is 0 Å². The third-order valence-corrected chi connectivity index (χ3v) is 5.27. The Morgan fingerprint density at radius 3 is 2.65 bits per heavy atom. The van der Waals surface area contributed by atoms with Crippen LogP contribution in [-0.2, 0) is 5.60 Å². The fourth-order valence-corrected chi connectivity index (χ4v) is 4.28. The zero-order chi connectivity index (χ0) is 14.0. The van der Waals surface area contributed by atoms with Gasteiger partial charge in [0.15, 0.2) is 0 Å². The summed E-state index contributed by atoms with van der Waals surface area (Å²) in [5.41, 5.74) is 0.501. The molecule has 0 aliphatic carbocycles. The number of hydrogen-bond acceptors (Lipinski definition) is 2. The van der Waals surface area contributed by atoms with Crippen molar-refractivity contribution in [2.75, 3.05) is 6.54 Å². The zero-order valence-electron chi connectivity index (χ0n) is 12.6. The van der Waals surface area contributed by atoms with Crippen molar-refractivity contribution in [1.82, 2.24) is 4.90 Å². The molecule has 2 heterocycles. The summed E-state index contributed by atoms with van der Waals surface area (Å²) in [7, 11) is 0. The van der Waals surface area contributed by atoms with Gasteiger partial charge in [-0.25, -0.2) is 0 Å². The molecule has 0 aromatic heterocycles. The van der Waals surface area contributed by atoms with Gasteiger partial charge in [0.05, 0.1) is 5.60 Å². The van der Waals surface area contributed by atoms with Gasteiger partial charge in [-0.15, -0.1) is 0 Å². The van der Waals surface area contributed by atoms with E-state index in [9.17, 15) is 5.11 Å². The van der Waals surface area contributed by atoms with Gasteiger partial charge in [-0.05, 0) is 50.6 Å². The van der Waals surface area contributed by atoms with Crippen molar-refractivity contribution in [1.29, 1.82) is 0 Å². The summed E-state index contributed by atoms with van der Waals surface area (Å²) in [5.74, 6) is 0. The summed E-state index contributed by atoms with van der Waals surface area (Å²) in [6.07, 6.45) is 8.10. The zero-order valence-corrected chi connectivity index (χ0v) is 12.6. The van der Waals surface area contributed by atoms with Crippen molar-refractivity contribution in [3.8, 4) is 0 Å². The predicted octanol–water partition coefficient (Wildman–Crippen LogP) is 3.69. The molecule has 3 rings (SSSR count). The maximum Gasteiger partial charge on any atom is 0.0912 e. The van der Waals surface area contributed by atoms with Crippen LogP contribution in [0.2, 0.25) is 0 Å². The van der Waals surface area contributed by atoms with Gasteiger partial charge in [0, 0.05) is 12.1 Å². The van der Waals surface area contributed by atoms with Crippen LogP contribution in [0, 0.1) is 0 Å². The molecule has 3 unspecified atom stereocenters. The Balaban J connectivity index is 1.86. The van der Waals surface area contributed by atoms with E-state index in [-0.39, 0.29) is 0 Å². The SMILES string of the molecule is CCCN1C2CCCC1CC(O)(c1ccccc1)CC2. The molecule has 0 spiro atoms. The standard InChI is InChI=1S/C18H27NO/c1-2-13-19-16-9-6-10-17(19)14-18(20,12-11-16)15-7-4-3-5-8-15/h3-5,7-8,16-17,20H,2,6,9-14H2,1H3. The van der Waals surface area contributed by atoms with Crippen LogP contribution in [0.4, 0.5) is 0 Å². The highest BCUT2D eigenvalue weighted by molar-refractivity contribution is 5.23. The summed E-state index contributed by atoms with van der Waals surface area (Å²) >= 11 is 0. The lowest BCUT2D eigenvalue weighted by molar-refractivity contribution is 0.00142. The molecule has 1 aromatic rings. The van der Waals surface area contributed by atoms with Gasteiger partial charge in [0.25, 0.3) is 0 Å². The molecular formula is C18H27NO. The minimum atomic E-state index is -0.614. The first-order chi connectivity index (χ1) is 9.73. The molecule has 3 atom stereocenters. The smallest absolute Gasteiger partial charge is 0.0912 e. The van der Waals surface area contributed by atoms with Crippen LogP contribution in [0.25, 0.3) is 0 Å². The molecule has 0 saturated carbocycles. The van der Waals surface area contributed by atoms with Gasteiger partial charge in [-0.1, -0.05) is 43.7 Å². The quantitative estimate of drug-likeness (QED) is 0.908. The van der Waals surface area contributed by atoms with Gasteiger partial charge >= 0.3 is 0 Å². The molecule has 2 aliphatic heterocycles. The van der Waals surface area contributed by atoms with E-state index in [1.807, 2.05) is 18.2 Å². The number of fused-ring (bicyclic) bond motifs is 2. The van der Waals surface area contributed by atoms with E-state index in [1.165, 1.54) is 32.2 Å². The fourth-order valence-electron chi connectivity index (χ4n) is 4.28. The highest BCUT2D eigenvalue weighted by Crippen LogP contribution is 2.41. The highest BCUT2D eigenvalue weighted by atomic mass is 16.3. The summed E-state index contributed by atoms with van der Waals surface area (Å²) in [6.45, 7) is 3.46. The second-order valence-electron chi connectivity index (χ2n) is 6.62. The van der Waals surface area contributed by atoms with Crippen LogP contribution in [0.1, 0.15) is 57.4 Å². The third-order valence-electron chi connectivity index (χ3n) is 5.27. The third kappa shape index (κ3) is 2.64. The molecule has 2 aliphatic rings. The first-order valence-electron chi connectivity index (χ1n) is 8.26. The Bertz CT molecular complexity index is 432. The number of hydrogen-bond donors (Lipinski definition) is 1. The van der Waals surface area contributed by atoms with Crippen molar-refractivity contribution >= 4 is 0 Å². The maximum absolute atomic E-state index is 11.2.